The third kappa shape index (κ3) is 6.04. The molecule has 224 valence electrons. The highest BCUT2D eigenvalue weighted by Gasteiger charge is 2.94. The molecule has 0 spiro atoms. The summed E-state index contributed by atoms with van der Waals surface area (Å²) >= 11 is 0. The van der Waals surface area contributed by atoms with Crippen LogP contribution in [0.25, 0.3) is 0 Å². The maximum Gasteiger partial charge on any atom is 0.473 e. The quantitative estimate of drug-likeness (QED) is 0.151. The van der Waals surface area contributed by atoms with Gasteiger partial charge in [0.25, 0.3) is 0 Å². The average Bonchev–Trinajstić information content (AvgIpc) is 2.68. The van der Waals surface area contributed by atoms with Crippen molar-refractivity contribution in [3.63, 3.8) is 0 Å². The van der Waals surface area contributed by atoms with Gasteiger partial charge in [0.05, 0.1) is 6.42 Å². The van der Waals surface area contributed by atoms with E-state index < -0.39 is 90.2 Å². The summed E-state index contributed by atoms with van der Waals surface area (Å²) in [5.41, 5.74) is 0. The molecule has 0 aromatic rings. The van der Waals surface area contributed by atoms with Crippen LogP contribution in [0.3, 0.4) is 0 Å². The van der Waals surface area contributed by atoms with Crippen molar-refractivity contribution in [3.8, 4) is 0 Å². The Labute approximate surface area is 199 Å². The minimum Gasteiger partial charge on any atom is -0.478 e. The van der Waals surface area contributed by atoms with E-state index in [1.807, 2.05) is 0 Å². The number of carbonyl (C=O) groups excluding carboxylic acids is 1. The number of esters is 1. The molecule has 0 aromatic carbocycles. The Bertz CT molecular complexity index is 905. The van der Waals surface area contributed by atoms with E-state index in [4.69, 9.17) is 5.11 Å². The molecule has 0 aromatic heterocycles. The molecule has 0 fully saturated rings. The van der Waals surface area contributed by atoms with Crippen LogP contribution in [0.4, 0.5) is 74.6 Å². The molecule has 0 heterocycles. The van der Waals surface area contributed by atoms with Gasteiger partial charge < -0.3 is 9.84 Å². The van der Waals surface area contributed by atoms with Crippen molar-refractivity contribution < 1.29 is 94.1 Å². The minimum absolute atomic E-state index is 0.257. The van der Waals surface area contributed by atoms with Crippen LogP contribution in [0.1, 0.15) is 20.3 Å². The zero-order chi connectivity index (χ0) is 31.1. The Morgan fingerprint density at radius 1 is 0.658 bits per heavy atom. The van der Waals surface area contributed by atoms with Crippen LogP contribution in [-0.4, -0.2) is 64.9 Å². The molecule has 1 N–H and O–H groups in total. The van der Waals surface area contributed by atoms with Gasteiger partial charge in [-0.05, 0) is 5.92 Å². The SMILES string of the molecule is CC(C)C(CC(F)(F)F)C(F)(F)C(F)(F)C(F)(F)C(F)(F)C(F)(F)C(F)(F)C(F)(F)OC(=O)C=CC(=O)O. The molecule has 0 radical (unpaired) electrons. The summed E-state index contributed by atoms with van der Waals surface area (Å²) in [7, 11) is 0. The Morgan fingerprint density at radius 2 is 1.03 bits per heavy atom. The molecule has 38 heavy (non-hydrogen) atoms. The van der Waals surface area contributed by atoms with Gasteiger partial charge in [0, 0.05) is 18.1 Å². The third-order valence-electron chi connectivity index (χ3n) is 4.67. The molecule has 0 aliphatic carbocycles. The summed E-state index contributed by atoms with van der Waals surface area (Å²) < 4.78 is 233. The lowest BCUT2D eigenvalue weighted by molar-refractivity contribution is -0.463. The van der Waals surface area contributed by atoms with Crippen molar-refractivity contribution in [2.45, 2.75) is 68.1 Å². The molecule has 0 saturated carbocycles. The van der Waals surface area contributed by atoms with Gasteiger partial charge in [-0.1, -0.05) is 13.8 Å². The number of ether oxygens (including phenoxy) is 1. The lowest BCUT2D eigenvalue weighted by Gasteiger charge is -2.44. The predicted octanol–water partition coefficient (Wildman–Crippen LogP) is 6.80. The summed E-state index contributed by atoms with van der Waals surface area (Å²) in [4.78, 5) is 20.9. The summed E-state index contributed by atoms with van der Waals surface area (Å²) in [6.45, 7) is 0.514. The number of carbonyl (C=O) groups is 2. The lowest BCUT2D eigenvalue weighted by atomic mass is 9.79. The van der Waals surface area contributed by atoms with Crippen LogP contribution >= 0.6 is 0 Å². The third-order valence-corrected chi connectivity index (χ3v) is 4.67. The van der Waals surface area contributed by atoms with Gasteiger partial charge in [-0.2, -0.15) is 74.6 Å². The fourth-order valence-electron chi connectivity index (χ4n) is 2.61. The minimum atomic E-state index is -8.61. The van der Waals surface area contributed by atoms with Gasteiger partial charge in [-0.15, -0.1) is 0 Å². The molecular formula is C17H13F17O4. The van der Waals surface area contributed by atoms with E-state index in [-0.39, 0.29) is 13.8 Å². The number of carboxylic acids is 1. The summed E-state index contributed by atoms with van der Waals surface area (Å²) in [6, 6.07) is 0. The summed E-state index contributed by atoms with van der Waals surface area (Å²) in [5.74, 6) is -60.4. The highest BCUT2D eigenvalue weighted by Crippen LogP contribution is 2.64. The van der Waals surface area contributed by atoms with Gasteiger partial charge in [0.2, 0.25) is 0 Å². The highest BCUT2D eigenvalue weighted by molar-refractivity contribution is 5.90. The Kier molecular flexibility index (Phi) is 9.56. The van der Waals surface area contributed by atoms with Crippen LogP contribution < -0.4 is 0 Å². The van der Waals surface area contributed by atoms with Crippen LogP contribution in [0.5, 0.6) is 0 Å². The normalized spacial score (nSPS) is 16.2. The van der Waals surface area contributed by atoms with Crippen LogP contribution in [-0.2, 0) is 14.3 Å². The molecule has 1 unspecified atom stereocenters. The van der Waals surface area contributed by atoms with Crippen molar-refractivity contribution in [3.05, 3.63) is 12.2 Å². The molecule has 0 amide bonds. The summed E-state index contributed by atoms with van der Waals surface area (Å²) in [6.07, 6.45) is -17.5. The number of halogens is 17. The Balaban J connectivity index is 6.77. The first-order chi connectivity index (χ1) is 16.3. The zero-order valence-electron chi connectivity index (χ0n) is 18.1. The van der Waals surface area contributed by atoms with Gasteiger partial charge in [-0.25, -0.2) is 9.59 Å². The van der Waals surface area contributed by atoms with E-state index in [1.165, 1.54) is 0 Å². The van der Waals surface area contributed by atoms with E-state index >= 15 is 0 Å². The second kappa shape index (κ2) is 10.2. The van der Waals surface area contributed by atoms with Gasteiger partial charge in [0.15, 0.2) is 0 Å². The van der Waals surface area contributed by atoms with Crippen molar-refractivity contribution in [1.29, 1.82) is 0 Å². The van der Waals surface area contributed by atoms with E-state index in [0.717, 1.165) is 0 Å². The first-order valence-electron chi connectivity index (χ1n) is 9.20. The number of carboxylic acid groups (broad SMARTS) is 1. The van der Waals surface area contributed by atoms with E-state index in [9.17, 15) is 84.2 Å². The standard InChI is InChI=1S/C17H13F17O4/c1-6(2)7(5-10(18,19)20)11(21,22)12(23,24)13(25,26)14(27,28)15(29,30)16(31,32)17(33,34)38-9(37)4-3-8(35)36/h3-4,6-7H,5H2,1-2H3,(H,35,36). The molecule has 21 heteroatoms. The van der Waals surface area contributed by atoms with Crippen molar-refractivity contribution in [2.24, 2.45) is 11.8 Å². The van der Waals surface area contributed by atoms with Gasteiger partial charge in [0.1, 0.15) is 0 Å². The van der Waals surface area contributed by atoms with Crippen LogP contribution in [0.15, 0.2) is 12.2 Å². The number of rotatable bonds is 12. The zero-order valence-corrected chi connectivity index (χ0v) is 18.1. The van der Waals surface area contributed by atoms with Crippen molar-refractivity contribution >= 4 is 11.9 Å². The smallest absolute Gasteiger partial charge is 0.473 e. The molecule has 0 saturated heterocycles. The van der Waals surface area contributed by atoms with E-state index in [0.29, 0.717) is 0 Å². The van der Waals surface area contributed by atoms with Crippen LogP contribution in [0.2, 0.25) is 0 Å². The topological polar surface area (TPSA) is 63.6 Å². The fraction of sp³-hybridized carbons (Fsp3) is 0.765. The molecule has 0 bridgehead atoms. The second-order valence-corrected chi connectivity index (χ2v) is 7.77. The Hall–Kier alpha value is -2.51. The lowest BCUT2D eigenvalue weighted by Crippen LogP contribution is -2.74. The molecule has 0 aliphatic rings. The van der Waals surface area contributed by atoms with Gasteiger partial charge >= 0.3 is 59.8 Å². The average molecular weight is 604 g/mol. The first-order valence-corrected chi connectivity index (χ1v) is 9.20. The van der Waals surface area contributed by atoms with E-state index in [1.54, 1.807) is 0 Å². The number of hydrogen-bond acceptors (Lipinski definition) is 3. The molecule has 4 nitrogen and oxygen atoms in total. The van der Waals surface area contributed by atoms with E-state index in [2.05, 4.69) is 4.74 Å². The number of aliphatic carboxylic acids is 1. The van der Waals surface area contributed by atoms with Crippen molar-refractivity contribution in [2.75, 3.05) is 0 Å². The van der Waals surface area contributed by atoms with Gasteiger partial charge in [-0.3, -0.25) is 0 Å². The molecular weight excluding hydrogens is 591 g/mol. The first kappa shape index (κ1) is 35.5. The maximum atomic E-state index is 14.1. The van der Waals surface area contributed by atoms with Crippen molar-refractivity contribution in [1.82, 2.24) is 0 Å². The second-order valence-electron chi connectivity index (χ2n) is 7.77. The summed E-state index contributed by atoms with van der Waals surface area (Å²) in [5, 5.41) is 8.10. The number of hydrogen-bond donors (Lipinski definition) is 1. The molecule has 1 atom stereocenters. The number of alkyl halides is 17. The predicted molar refractivity (Wildman–Crippen MR) is 86.5 cm³/mol. The fourth-order valence-corrected chi connectivity index (χ4v) is 2.61. The molecule has 0 aliphatic heterocycles. The highest BCUT2D eigenvalue weighted by atomic mass is 19.4. The maximum absolute atomic E-state index is 14.1. The largest absolute Gasteiger partial charge is 0.478 e. The molecule has 0 rings (SSSR count). The monoisotopic (exact) mass is 604 g/mol. The van der Waals surface area contributed by atoms with Crippen LogP contribution in [0, 0.1) is 11.8 Å². The Morgan fingerprint density at radius 3 is 1.37 bits per heavy atom.